The van der Waals surface area contributed by atoms with Crippen LogP contribution >= 0.6 is 0 Å². The molecule has 0 spiro atoms. The highest BCUT2D eigenvalue weighted by molar-refractivity contribution is 7.80. The smallest absolute Gasteiger partial charge is 0.260 e. The summed E-state index contributed by atoms with van der Waals surface area (Å²) in [7, 11) is 0. The molecule has 7 nitrogen and oxygen atoms in total. The van der Waals surface area contributed by atoms with Gasteiger partial charge in [0.15, 0.2) is 5.82 Å². The van der Waals surface area contributed by atoms with E-state index >= 15 is 0 Å². The molecule has 0 aliphatic carbocycles. The number of nitrogens with zero attached hydrogens (tertiary/aromatic N) is 3. The van der Waals surface area contributed by atoms with Crippen LogP contribution in [0.5, 0.6) is 0 Å². The van der Waals surface area contributed by atoms with Crippen LogP contribution in [0.15, 0.2) is 54.6 Å². The van der Waals surface area contributed by atoms with E-state index < -0.39 is 11.3 Å². The van der Waals surface area contributed by atoms with Crippen molar-refractivity contribution in [1.82, 2.24) is 9.97 Å². The molecule has 3 rings (SSSR count). The Morgan fingerprint density at radius 1 is 0.955 bits per heavy atom. The van der Waals surface area contributed by atoms with E-state index in [4.69, 9.17) is 4.55 Å². The van der Waals surface area contributed by atoms with E-state index in [1.165, 1.54) is 0 Å². The zero-order valence-electron chi connectivity index (χ0n) is 11.2. The number of anilines is 3. The summed E-state index contributed by atoms with van der Waals surface area (Å²) in [6, 6.07) is 15.7. The van der Waals surface area contributed by atoms with Crippen LogP contribution in [0, 0.1) is 0 Å². The number of hydrogen-bond acceptors (Lipinski definition) is 5. The highest BCUT2D eigenvalue weighted by atomic mass is 32.2. The molecule has 2 aromatic carbocycles. The van der Waals surface area contributed by atoms with Crippen molar-refractivity contribution in [2.45, 2.75) is 0 Å². The Morgan fingerprint density at radius 3 is 2.18 bits per heavy atom. The summed E-state index contributed by atoms with van der Waals surface area (Å²) in [5, 5.41) is 11.2. The summed E-state index contributed by atoms with van der Waals surface area (Å²) in [5.41, 5.74) is 1.56. The van der Waals surface area contributed by atoms with Gasteiger partial charge in [-0.25, -0.2) is 19.2 Å². The molecule has 3 N–H and O–H groups in total. The Bertz CT molecular complexity index is 829. The van der Waals surface area contributed by atoms with Crippen LogP contribution in [0.4, 0.5) is 17.3 Å². The number of fused-ring (bicyclic) bond motifs is 1. The third kappa shape index (κ3) is 2.89. The number of nitrogens with one attached hydrogen (secondary N) is 1. The topological polar surface area (TPSA) is 98.6 Å². The predicted octanol–water partition coefficient (Wildman–Crippen LogP) is 2.71. The molecule has 0 saturated heterocycles. The maximum Gasteiger partial charge on any atom is 0.260 e. The van der Waals surface area contributed by atoms with E-state index in [1.807, 2.05) is 6.07 Å². The normalized spacial score (nSPS) is 12.1. The third-order valence-electron chi connectivity index (χ3n) is 2.94. The van der Waals surface area contributed by atoms with Gasteiger partial charge in [0.25, 0.3) is 11.3 Å². The fourth-order valence-electron chi connectivity index (χ4n) is 1.98. The van der Waals surface area contributed by atoms with Gasteiger partial charge >= 0.3 is 0 Å². The Balaban J connectivity index is 2.15. The Hall–Kier alpha value is -2.55. The van der Waals surface area contributed by atoms with Crippen LogP contribution in [0.25, 0.3) is 11.0 Å². The van der Waals surface area contributed by atoms with Gasteiger partial charge in [-0.05, 0) is 24.3 Å². The second-order valence-electron chi connectivity index (χ2n) is 4.38. The van der Waals surface area contributed by atoms with E-state index in [9.17, 15) is 9.42 Å². The molecule has 1 atom stereocenters. The quantitative estimate of drug-likeness (QED) is 0.505. The molecule has 3 aromatic rings. The third-order valence-corrected chi connectivity index (χ3v) is 3.31. The number of aromatic nitrogens is 2. The minimum Gasteiger partial charge on any atom is -0.289 e. The minimum absolute atomic E-state index is 0.00545. The average molecular weight is 316 g/mol. The summed E-state index contributed by atoms with van der Waals surface area (Å²) in [6.45, 7) is 0. The van der Waals surface area contributed by atoms with E-state index in [-0.39, 0.29) is 11.6 Å². The maximum atomic E-state index is 11.0. The molecule has 8 heteroatoms. The molecule has 0 saturated carbocycles. The van der Waals surface area contributed by atoms with Crippen LogP contribution in [0.2, 0.25) is 0 Å². The SMILES string of the molecule is O=S(O)Nc1nc2ccccc2nc1N(O)c1ccccc1. The van der Waals surface area contributed by atoms with Crippen LogP contribution in [0.1, 0.15) is 0 Å². The summed E-state index contributed by atoms with van der Waals surface area (Å²) in [6.07, 6.45) is 0. The largest absolute Gasteiger partial charge is 0.289 e. The summed E-state index contributed by atoms with van der Waals surface area (Å²) in [4.78, 5) is 8.54. The van der Waals surface area contributed by atoms with Crippen molar-refractivity contribution in [3.05, 3.63) is 54.6 Å². The van der Waals surface area contributed by atoms with Crippen molar-refractivity contribution in [2.75, 3.05) is 9.79 Å². The highest BCUT2D eigenvalue weighted by Gasteiger charge is 2.17. The monoisotopic (exact) mass is 316 g/mol. The standard InChI is InChI=1S/C14H12N4O3S/c19-18(10-6-2-1-3-7-10)14-13(17-22(20)21)15-11-8-4-5-9-12(11)16-14/h1-9,19H,(H,15,17)(H,20,21). The molecule has 0 aliphatic rings. The summed E-state index contributed by atoms with van der Waals surface area (Å²) < 4.78 is 22.4. The Labute approximate surface area is 128 Å². The van der Waals surface area contributed by atoms with E-state index in [2.05, 4.69) is 14.7 Å². The Kier molecular flexibility index (Phi) is 3.96. The molecule has 0 bridgehead atoms. The lowest BCUT2D eigenvalue weighted by Gasteiger charge is -2.18. The van der Waals surface area contributed by atoms with Crippen molar-refractivity contribution in [1.29, 1.82) is 0 Å². The van der Waals surface area contributed by atoms with Crippen molar-refractivity contribution in [3.63, 3.8) is 0 Å². The molecule has 0 aliphatic heterocycles. The van der Waals surface area contributed by atoms with Crippen LogP contribution in [0.3, 0.4) is 0 Å². The maximum absolute atomic E-state index is 11.0. The zero-order chi connectivity index (χ0) is 15.5. The molecular weight excluding hydrogens is 304 g/mol. The van der Waals surface area contributed by atoms with Crippen LogP contribution < -0.4 is 9.79 Å². The van der Waals surface area contributed by atoms with Crippen molar-refractivity contribution < 1.29 is 14.0 Å². The lowest BCUT2D eigenvalue weighted by Crippen LogP contribution is -2.17. The molecule has 1 aromatic heterocycles. The van der Waals surface area contributed by atoms with Gasteiger partial charge in [-0.3, -0.25) is 14.5 Å². The van der Waals surface area contributed by atoms with E-state index in [0.29, 0.717) is 16.7 Å². The molecule has 112 valence electrons. The number of para-hydroxylation sites is 3. The van der Waals surface area contributed by atoms with E-state index in [1.54, 1.807) is 48.5 Å². The van der Waals surface area contributed by atoms with Gasteiger partial charge in [0.2, 0.25) is 5.82 Å². The van der Waals surface area contributed by atoms with E-state index in [0.717, 1.165) is 5.06 Å². The molecule has 0 radical (unpaired) electrons. The van der Waals surface area contributed by atoms with Crippen molar-refractivity contribution >= 4 is 39.6 Å². The predicted molar refractivity (Wildman–Crippen MR) is 84.3 cm³/mol. The molecule has 22 heavy (non-hydrogen) atoms. The lowest BCUT2D eigenvalue weighted by atomic mass is 10.3. The fourth-order valence-corrected chi connectivity index (χ4v) is 2.28. The van der Waals surface area contributed by atoms with Crippen LogP contribution in [-0.4, -0.2) is 23.9 Å². The molecule has 1 heterocycles. The lowest BCUT2D eigenvalue weighted by molar-refractivity contribution is 0.298. The van der Waals surface area contributed by atoms with Gasteiger partial charge < -0.3 is 0 Å². The molecule has 0 amide bonds. The number of rotatable bonds is 4. The van der Waals surface area contributed by atoms with Crippen molar-refractivity contribution in [3.8, 4) is 0 Å². The second kappa shape index (κ2) is 6.06. The second-order valence-corrected chi connectivity index (χ2v) is 5.09. The zero-order valence-corrected chi connectivity index (χ0v) is 12.1. The minimum atomic E-state index is -2.33. The fraction of sp³-hybridized carbons (Fsp3) is 0. The molecule has 1 unspecified atom stereocenters. The number of benzene rings is 2. The van der Waals surface area contributed by atoms with Gasteiger partial charge in [-0.15, -0.1) is 0 Å². The first-order chi connectivity index (χ1) is 10.6. The van der Waals surface area contributed by atoms with Gasteiger partial charge in [-0.2, -0.15) is 0 Å². The van der Waals surface area contributed by atoms with Gasteiger partial charge in [0, 0.05) is 0 Å². The van der Waals surface area contributed by atoms with Crippen molar-refractivity contribution in [2.24, 2.45) is 0 Å². The Morgan fingerprint density at radius 2 is 1.55 bits per heavy atom. The highest BCUT2D eigenvalue weighted by Crippen LogP contribution is 2.29. The summed E-state index contributed by atoms with van der Waals surface area (Å²) in [5.74, 6) is 0.0400. The van der Waals surface area contributed by atoms with Gasteiger partial charge in [-0.1, -0.05) is 30.3 Å². The first-order valence-electron chi connectivity index (χ1n) is 6.33. The molecule has 0 fully saturated rings. The van der Waals surface area contributed by atoms with Gasteiger partial charge in [0.05, 0.1) is 16.7 Å². The molecular formula is C14H12N4O3S. The number of hydrogen-bond donors (Lipinski definition) is 3. The average Bonchev–Trinajstić information content (AvgIpc) is 2.54. The summed E-state index contributed by atoms with van der Waals surface area (Å²) >= 11 is -2.33. The van der Waals surface area contributed by atoms with Crippen LogP contribution in [-0.2, 0) is 11.3 Å². The first kappa shape index (κ1) is 14.4. The van der Waals surface area contributed by atoms with Gasteiger partial charge in [0.1, 0.15) is 0 Å². The first-order valence-corrected chi connectivity index (χ1v) is 7.44.